The molecule has 1 rings (SSSR count). The molecule has 0 bridgehead atoms. The number of rotatable bonds is 4. The van der Waals surface area contributed by atoms with E-state index in [2.05, 4.69) is 5.32 Å². The van der Waals surface area contributed by atoms with Crippen LogP contribution in [0.15, 0.2) is 0 Å². The quantitative estimate of drug-likeness (QED) is 0.784. The first-order valence-electron chi connectivity index (χ1n) is 6.47. The second kappa shape index (κ2) is 6.07. The van der Waals surface area contributed by atoms with Crippen LogP contribution in [0.3, 0.4) is 0 Å². The molecule has 2 unspecified atom stereocenters. The summed E-state index contributed by atoms with van der Waals surface area (Å²) in [6, 6.07) is 0.0317. The third-order valence-corrected chi connectivity index (χ3v) is 2.85. The van der Waals surface area contributed by atoms with Crippen molar-refractivity contribution in [3.63, 3.8) is 0 Å². The fourth-order valence-corrected chi connectivity index (χ4v) is 1.90. The zero-order valence-electron chi connectivity index (χ0n) is 11.6. The first-order chi connectivity index (χ1) is 8.31. The predicted octanol–water partition coefficient (Wildman–Crippen LogP) is 2.24. The standard InChI is InChI=1S/C13H23NO4/c1-5-17-11(15)8-9-6-7-10(9)14-12(16)18-13(2,3)4/h9-10H,5-8H2,1-4H3,(H,14,16). The molecule has 1 aliphatic carbocycles. The number of hydrogen-bond acceptors (Lipinski definition) is 4. The van der Waals surface area contributed by atoms with E-state index in [0.717, 1.165) is 12.8 Å². The number of alkyl carbamates (subject to hydrolysis) is 1. The molecule has 0 aliphatic heterocycles. The lowest BCUT2D eigenvalue weighted by Gasteiger charge is -2.36. The van der Waals surface area contributed by atoms with Gasteiger partial charge in [0.05, 0.1) is 13.0 Å². The molecule has 0 saturated heterocycles. The fraction of sp³-hybridized carbons (Fsp3) is 0.846. The summed E-state index contributed by atoms with van der Waals surface area (Å²) in [7, 11) is 0. The maximum absolute atomic E-state index is 11.6. The van der Waals surface area contributed by atoms with Crippen molar-refractivity contribution in [3.8, 4) is 0 Å². The second-order valence-electron chi connectivity index (χ2n) is 5.60. The van der Waals surface area contributed by atoms with Crippen LogP contribution in [0.2, 0.25) is 0 Å². The van der Waals surface area contributed by atoms with Crippen molar-refractivity contribution in [1.82, 2.24) is 5.32 Å². The van der Waals surface area contributed by atoms with E-state index in [0.29, 0.717) is 13.0 Å². The van der Waals surface area contributed by atoms with Gasteiger partial charge in [0.15, 0.2) is 0 Å². The Hall–Kier alpha value is -1.26. The molecule has 104 valence electrons. The van der Waals surface area contributed by atoms with Gasteiger partial charge in [0, 0.05) is 6.04 Å². The Bertz CT molecular complexity index is 309. The van der Waals surface area contributed by atoms with E-state index in [1.807, 2.05) is 20.8 Å². The molecule has 0 heterocycles. The molecular formula is C13H23NO4. The van der Waals surface area contributed by atoms with E-state index in [1.165, 1.54) is 0 Å². The van der Waals surface area contributed by atoms with E-state index < -0.39 is 11.7 Å². The van der Waals surface area contributed by atoms with Crippen molar-refractivity contribution in [1.29, 1.82) is 0 Å². The lowest BCUT2D eigenvalue weighted by molar-refractivity contribution is -0.145. The first-order valence-corrected chi connectivity index (χ1v) is 6.47. The number of carbonyl (C=O) groups is 2. The molecule has 0 aromatic rings. The Morgan fingerprint density at radius 3 is 2.39 bits per heavy atom. The highest BCUT2D eigenvalue weighted by Crippen LogP contribution is 2.31. The maximum Gasteiger partial charge on any atom is 0.407 e. The zero-order valence-corrected chi connectivity index (χ0v) is 11.6. The van der Waals surface area contributed by atoms with E-state index in [1.54, 1.807) is 6.92 Å². The zero-order chi connectivity index (χ0) is 13.8. The van der Waals surface area contributed by atoms with Gasteiger partial charge >= 0.3 is 12.1 Å². The summed E-state index contributed by atoms with van der Waals surface area (Å²) in [5.74, 6) is -0.0187. The van der Waals surface area contributed by atoms with Gasteiger partial charge in [0.25, 0.3) is 0 Å². The molecule has 0 aromatic heterocycles. The fourth-order valence-electron chi connectivity index (χ4n) is 1.90. The number of hydrogen-bond donors (Lipinski definition) is 1. The van der Waals surface area contributed by atoms with Gasteiger partial charge in [-0.1, -0.05) is 0 Å². The maximum atomic E-state index is 11.6. The molecule has 0 aromatic carbocycles. The van der Waals surface area contributed by atoms with Crippen LogP contribution in [0, 0.1) is 5.92 Å². The van der Waals surface area contributed by atoms with Crippen LogP contribution in [-0.4, -0.2) is 30.3 Å². The lowest BCUT2D eigenvalue weighted by Crippen LogP contribution is -2.49. The minimum absolute atomic E-state index is 0.0317. The molecule has 0 spiro atoms. The van der Waals surface area contributed by atoms with Gasteiger partial charge in [-0.2, -0.15) is 0 Å². The molecule has 5 heteroatoms. The third-order valence-electron chi connectivity index (χ3n) is 2.85. The summed E-state index contributed by atoms with van der Waals surface area (Å²) in [6.45, 7) is 7.65. The van der Waals surface area contributed by atoms with Gasteiger partial charge in [-0.3, -0.25) is 4.79 Å². The van der Waals surface area contributed by atoms with Gasteiger partial charge in [-0.25, -0.2) is 4.79 Å². The number of esters is 1. The Morgan fingerprint density at radius 1 is 1.28 bits per heavy atom. The van der Waals surface area contributed by atoms with Crippen LogP contribution in [0.25, 0.3) is 0 Å². The third kappa shape index (κ3) is 4.94. The number of carbonyl (C=O) groups excluding carboxylic acids is 2. The number of ether oxygens (including phenoxy) is 2. The van der Waals surface area contributed by atoms with Crippen molar-refractivity contribution in [2.45, 2.75) is 58.6 Å². The molecule has 1 N–H and O–H groups in total. The lowest BCUT2D eigenvalue weighted by atomic mass is 9.77. The molecule has 1 fully saturated rings. The largest absolute Gasteiger partial charge is 0.466 e. The van der Waals surface area contributed by atoms with Crippen molar-refractivity contribution >= 4 is 12.1 Å². The van der Waals surface area contributed by atoms with Crippen LogP contribution in [0.1, 0.15) is 47.0 Å². The average molecular weight is 257 g/mol. The van der Waals surface area contributed by atoms with Crippen molar-refractivity contribution in [2.24, 2.45) is 5.92 Å². The topological polar surface area (TPSA) is 64.6 Å². The Labute approximate surface area is 108 Å². The van der Waals surface area contributed by atoms with Crippen molar-refractivity contribution in [2.75, 3.05) is 6.61 Å². The Kier molecular flexibility index (Phi) is 4.99. The van der Waals surface area contributed by atoms with Crippen LogP contribution in [0.5, 0.6) is 0 Å². The van der Waals surface area contributed by atoms with Gasteiger partial charge < -0.3 is 14.8 Å². The first kappa shape index (κ1) is 14.8. The van der Waals surface area contributed by atoms with Crippen molar-refractivity contribution < 1.29 is 19.1 Å². The van der Waals surface area contributed by atoms with E-state index in [4.69, 9.17) is 9.47 Å². The highest BCUT2D eigenvalue weighted by atomic mass is 16.6. The monoisotopic (exact) mass is 257 g/mol. The minimum Gasteiger partial charge on any atom is -0.466 e. The normalized spacial score (nSPS) is 22.9. The van der Waals surface area contributed by atoms with Gasteiger partial charge in [-0.05, 0) is 46.5 Å². The molecule has 1 saturated carbocycles. The summed E-state index contributed by atoms with van der Waals surface area (Å²) in [4.78, 5) is 22.9. The summed E-state index contributed by atoms with van der Waals surface area (Å²) in [6.07, 6.45) is 1.79. The van der Waals surface area contributed by atoms with Gasteiger partial charge in [0.2, 0.25) is 0 Å². The summed E-state index contributed by atoms with van der Waals surface area (Å²) >= 11 is 0. The molecule has 1 amide bonds. The molecule has 0 radical (unpaired) electrons. The number of nitrogens with one attached hydrogen (secondary N) is 1. The minimum atomic E-state index is -0.496. The van der Waals surface area contributed by atoms with Crippen LogP contribution in [0.4, 0.5) is 4.79 Å². The van der Waals surface area contributed by atoms with E-state index >= 15 is 0 Å². The second-order valence-corrected chi connectivity index (χ2v) is 5.60. The van der Waals surface area contributed by atoms with Crippen LogP contribution < -0.4 is 5.32 Å². The van der Waals surface area contributed by atoms with Crippen molar-refractivity contribution in [3.05, 3.63) is 0 Å². The van der Waals surface area contributed by atoms with Crippen LogP contribution >= 0.6 is 0 Å². The molecule has 5 nitrogen and oxygen atoms in total. The summed E-state index contributed by atoms with van der Waals surface area (Å²) in [5, 5.41) is 2.80. The highest BCUT2D eigenvalue weighted by molar-refractivity contribution is 5.71. The SMILES string of the molecule is CCOC(=O)CC1CCC1NC(=O)OC(C)(C)C. The molecule has 18 heavy (non-hydrogen) atoms. The Morgan fingerprint density at radius 2 is 1.94 bits per heavy atom. The molecular weight excluding hydrogens is 234 g/mol. The van der Waals surface area contributed by atoms with Gasteiger partial charge in [-0.15, -0.1) is 0 Å². The van der Waals surface area contributed by atoms with Crippen LogP contribution in [-0.2, 0) is 14.3 Å². The van der Waals surface area contributed by atoms with E-state index in [-0.39, 0.29) is 17.9 Å². The van der Waals surface area contributed by atoms with E-state index in [9.17, 15) is 9.59 Å². The molecule has 2 atom stereocenters. The predicted molar refractivity (Wildman–Crippen MR) is 67.1 cm³/mol. The molecule has 1 aliphatic rings. The van der Waals surface area contributed by atoms with Gasteiger partial charge in [0.1, 0.15) is 5.60 Å². The Balaban J connectivity index is 2.31. The highest BCUT2D eigenvalue weighted by Gasteiger charge is 2.34. The summed E-state index contributed by atoms with van der Waals surface area (Å²) in [5.41, 5.74) is -0.496. The summed E-state index contributed by atoms with van der Waals surface area (Å²) < 4.78 is 10.1. The average Bonchev–Trinajstić information content (AvgIpc) is 2.19. The smallest absolute Gasteiger partial charge is 0.407 e. The number of amides is 1.